The lowest BCUT2D eigenvalue weighted by molar-refractivity contribution is 0.318. The van der Waals surface area contributed by atoms with Crippen molar-refractivity contribution in [3.8, 4) is 0 Å². The highest BCUT2D eigenvalue weighted by Gasteiger charge is 1.88. The van der Waals surface area contributed by atoms with Crippen molar-refractivity contribution in [2.75, 3.05) is 13.2 Å². The van der Waals surface area contributed by atoms with E-state index in [0.29, 0.717) is 0 Å². The van der Waals surface area contributed by atoms with Crippen LogP contribution in [0.2, 0.25) is 0 Å². The molecule has 0 unspecified atom stereocenters. The molecule has 0 saturated carbocycles. The van der Waals surface area contributed by atoms with Crippen LogP contribution in [0, 0.1) is 5.92 Å². The lowest BCUT2D eigenvalue weighted by Gasteiger charge is -1.98. The molecule has 0 aromatic rings. The Balaban J connectivity index is -0.0000000811. The average Bonchev–Trinajstić information content (AvgIpc) is 2.30. The molecule has 0 aliphatic heterocycles. The van der Waals surface area contributed by atoms with Gasteiger partial charge in [0.15, 0.2) is 0 Å². The average molecular weight is 262 g/mol. The van der Waals surface area contributed by atoms with E-state index in [1.165, 1.54) is 19.3 Å². The van der Waals surface area contributed by atoms with Crippen molar-refractivity contribution in [2.24, 2.45) is 5.92 Å². The van der Waals surface area contributed by atoms with Crippen LogP contribution < -0.4 is 0 Å². The Morgan fingerprint density at radius 1 is 1.06 bits per heavy atom. The van der Waals surface area contributed by atoms with E-state index in [1.807, 2.05) is 27.7 Å². The van der Waals surface area contributed by atoms with Gasteiger partial charge in [-0.1, -0.05) is 65.5 Å². The molecule has 0 fully saturated rings. The summed E-state index contributed by atoms with van der Waals surface area (Å²) in [5, 5.41) is 15.7. The van der Waals surface area contributed by atoms with Crippen molar-refractivity contribution >= 4 is 0 Å². The second-order valence-electron chi connectivity index (χ2n) is 4.32. The first-order chi connectivity index (χ1) is 8.45. The van der Waals surface area contributed by atoms with E-state index < -0.39 is 0 Å². The topological polar surface area (TPSA) is 40.5 Å². The third-order valence-corrected chi connectivity index (χ3v) is 1.63. The highest BCUT2D eigenvalue weighted by atomic mass is 16.3. The van der Waals surface area contributed by atoms with Crippen molar-refractivity contribution in [2.45, 2.75) is 74.7 Å². The summed E-state index contributed by atoms with van der Waals surface area (Å²) >= 11 is 0. The standard InChI is InChI=1S/C7H16.C5H10O.C2H6O.C2H6/c1-4-5-6-7(2)3;1-5(2)3-4-6;1-2-3;1-2/h7H,4-6H2,1-3H3;3,6H,4H2,1-2H3;3H,2H2,1H3;1-2H3. The number of rotatable bonds is 4. The smallest absolute Gasteiger partial charge is 0.0614 e. The minimum atomic E-state index is 0.169. The van der Waals surface area contributed by atoms with E-state index in [1.54, 1.807) is 13.0 Å². The fraction of sp³-hybridized carbons (Fsp3) is 0.875. The van der Waals surface area contributed by atoms with E-state index in [-0.39, 0.29) is 13.2 Å². The Morgan fingerprint density at radius 2 is 1.44 bits per heavy atom. The Labute approximate surface area is 116 Å². The molecule has 0 atom stereocenters. The van der Waals surface area contributed by atoms with Crippen molar-refractivity contribution in [1.82, 2.24) is 0 Å². The number of hydrogen-bond donors (Lipinski definition) is 2. The van der Waals surface area contributed by atoms with Crippen molar-refractivity contribution in [3.63, 3.8) is 0 Å². The molecule has 0 bridgehead atoms. The molecule has 0 aliphatic rings. The zero-order valence-corrected chi connectivity index (χ0v) is 14.1. The number of allylic oxidation sites excluding steroid dienone is 1. The van der Waals surface area contributed by atoms with Crippen molar-refractivity contribution in [1.29, 1.82) is 0 Å². The lowest BCUT2D eigenvalue weighted by atomic mass is 10.1. The molecule has 2 N–H and O–H groups in total. The molecular weight excluding hydrogens is 224 g/mol. The summed E-state index contributed by atoms with van der Waals surface area (Å²) in [6.07, 6.45) is 5.91. The third kappa shape index (κ3) is 75.9. The molecular formula is C16H38O2. The van der Waals surface area contributed by atoms with E-state index >= 15 is 0 Å². The van der Waals surface area contributed by atoms with Crippen LogP contribution in [-0.2, 0) is 0 Å². The van der Waals surface area contributed by atoms with Crippen LogP contribution in [0.3, 0.4) is 0 Å². The zero-order valence-electron chi connectivity index (χ0n) is 14.1. The van der Waals surface area contributed by atoms with Crippen LogP contribution in [-0.4, -0.2) is 23.4 Å². The number of aliphatic hydroxyl groups is 2. The van der Waals surface area contributed by atoms with Crippen LogP contribution in [0.15, 0.2) is 11.6 Å². The fourth-order valence-corrected chi connectivity index (χ4v) is 0.795. The predicted octanol–water partition coefficient (Wildman–Crippen LogP) is 4.80. The maximum atomic E-state index is 8.16. The summed E-state index contributed by atoms with van der Waals surface area (Å²) in [6, 6.07) is 0. The molecule has 2 nitrogen and oxygen atoms in total. The summed E-state index contributed by atoms with van der Waals surface area (Å²) in [7, 11) is 0. The van der Waals surface area contributed by atoms with E-state index in [2.05, 4.69) is 20.8 Å². The van der Waals surface area contributed by atoms with Gasteiger partial charge in [-0.3, -0.25) is 0 Å². The van der Waals surface area contributed by atoms with Crippen LogP contribution in [0.5, 0.6) is 0 Å². The predicted molar refractivity (Wildman–Crippen MR) is 85.0 cm³/mol. The van der Waals surface area contributed by atoms with Crippen LogP contribution in [0.4, 0.5) is 0 Å². The normalized spacial score (nSPS) is 7.94. The number of unbranched alkanes of at least 4 members (excludes halogenated alkanes) is 1. The van der Waals surface area contributed by atoms with Gasteiger partial charge in [0, 0.05) is 6.61 Å². The van der Waals surface area contributed by atoms with Crippen molar-refractivity contribution in [3.05, 3.63) is 11.6 Å². The second-order valence-corrected chi connectivity index (χ2v) is 4.32. The first kappa shape index (κ1) is 26.3. The molecule has 0 amide bonds. The highest BCUT2D eigenvalue weighted by Crippen LogP contribution is 2.04. The van der Waals surface area contributed by atoms with Gasteiger partial charge < -0.3 is 10.2 Å². The quantitative estimate of drug-likeness (QED) is 0.714. The largest absolute Gasteiger partial charge is 0.397 e. The molecule has 18 heavy (non-hydrogen) atoms. The Bertz CT molecular complexity index is 125. The first-order valence-electron chi connectivity index (χ1n) is 7.31. The van der Waals surface area contributed by atoms with Crippen LogP contribution >= 0.6 is 0 Å². The maximum absolute atomic E-state index is 8.16. The Kier molecular flexibility index (Phi) is 43.9. The van der Waals surface area contributed by atoms with E-state index in [0.717, 1.165) is 11.5 Å². The molecule has 0 aliphatic carbocycles. The molecule has 0 saturated heterocycles. The first-order valence-corrected chi connectivity index (χ1v) is 7.31. The minimum absolute atomic E-state index is 0.169. The minimum Gasteiger partial charge on any atom is -0.397 e. The summed E-state index contributed by atoms with van der Waals surface area (Å²) in [5.41, 5.74) is 1.16. The number of aliphatic hydroxyl groups excluding tert-OH is 2. The fourth-order valence-electron chi connectivity index (χ4n) is 0.795. The summed E-state index contributed by atoms with van der Waals surface area (Å²) in [5.74, 6) is 0.903. The Morgan fingerprint density at radius 3 is 1.50 bits per heavy atom. The van der Waals surface area contributed by atoms with Gasteiger partial charge in [-0.05, 0) is 26.7 Å². The SMILES string of the molecule is CC.CC(C)=CCO.CCCCC(C)C.CCO. The van der Waals surface area contributed by atoms with Gasteiger partial charge in [-0.2, -0.15) is 0 Å². The molecule has 2 heteroatoms. The molecule has 0 spiro atoms. The van der Waals surface area contributed by atoms with E-state index in [9.17, 15) is 0 Å². The monoisotopic (exact) mass is 262 g/mol. The second kappa shape index (κ2) is 30.1. The van der Waals surface area contributed by atoms with Gasteiger partial charge in [0.2, 0.25) is 0 Å². The molecule has 0 radical (unpaired) electrons. The van der Waals surface area contributed by atoms with Crippen molar-refractivity contribution < 1.29 is 10.2 Å². The molecule has 0 heterocycles. The highest BCUT2D eigenvalue weighted by molar-refractivity contribution is 4.91. The van der Waals surface area contributed by atoms with Gasteiger partial charge in [0.1, 0.15) is 0 Å². The number of hydrogen-bond acceptors (Lipinski definition) is 2. The molecule has 0 rings (SSSR count). The molecule has 0 aromatic carbocycles. The Hall–Kier alpha value is -0.340. The van der Waals surface area contributed by atoms with Crippen LogP contribution in [0.1, 0.15) is 74.7 Å². The summed E-state index contributed by atoms with van der Waals surface area (Å²) in [6.45, 7) is 16.8. The van der Waals surface area contributed by atoms with Gasteiger partial charge in [-0.15, -0.1) is 0 Å². The maximum Gasteiger partial charge on any atom is 0.0614 e. The third-order valence-electron chi connectivity index (χ3n) is 1.63. The lowest BCUT2D eigenvalue weighted by Crippen LogP contribution is -1.83. The summed E-state index contributed by atoms with van der Waals surface area (Å²) in [4.78, 5) is 0. The summed E-state index contributed by atoms with van der Waals surface area (Å²) < 4.78 is 0. The van der Waals surface area contributed by atoms with Gasteiger partial charge in [0.05, 0.1) is 6.61 Å². The van der Waals surface area contributed by atoms with Gasteiger partial charge in [-0.25, -0.2) is 0 Å². The van der Waals surface area contributed by atoms with Gasteiger partial charge in [0.25, 0.3) is 0 Å². The zero-order chi connectivity index (χ0) is 15.4. The molecule has 114 valence electrons. The van der Waals surface area contributed by atoms with Crippen LogP contribution in [0.25, 0.3) is 0 Å². The van der Waals surface area contributed by atoms with Gasteiger partial charge >= 0.3 is 0 Å². The van der Waals surface area contributed by atoms with E-state index in [4.69, 9.17) is 10.2 Å². The molecule has 0 aromatic heterocycles.